The Balaban J connectivity index is 1.51. The van der Waals surface area contributed by atoms with Crippen LogP contribution in [0.25, 0.3) is 0 Å². The van der Waals surface area contributed by atoms with Crippen LogP contribution in [0.1, 0.15) is 46.4 Å². The van der Waals surface area contributed by atoms with Crippen molar-refractivity contribution in [1.29, 1.82) is 0 Å². The van der Waals surface area contributed by atoms with Crippen molar-refractivity contribution < 1.29 is 9.53 Å². The van der Waals surface area contributed by atoms with Gasteiger partial charge in [-0.3, -0.25) is 4.79 Å². The Kier molecular flexibility index (Phi) is 6.02. The highest BCUT2D eigenvalue weighted by Gasteiger charge is 2.09. The molecule has 0 saturated carbocycles. The number of hydrogen-bond donors (Lipinski definition) is 1. The van der Waals surface area contributed by atoms with E-state index in [2.05, 4.69) is 24.1 Å². The van der Waals surface area contributed by atoms with Crippen LogP contribution < -0.4 is 10.1 Å². The lowest BCUT2D eigenvalue weighted by Crippen LogP contribution is -2.22. The fourth-order valence-electron chi connectivity index (χ4n) is 2.39. The van der Waals surface area contributed by atoms with E-state index in [0.29, 0.717) is 24.6 Å². The van der Waals surface area contributed by atoms with Crippen molar-refractivity contribution in [3.05, 3.63) is 81.8 Å². The molecule has 134 valence electrons. The van der Waals surface area contributed by atoms with E-state index in [1.807, 2.05) is 47.8 Å². The molecule has 3 rings (SSSR count). The van der Waals surface area contributed by atoms with E-state index in [1.165, 1.54) is 0 Å². The average Bonchev–Trinajstić information content (AvgIpc) is 3.15. The number of aromatic nitrogens is 1. The zero-order valence-corrected chi connectivity index (χ0v) is 15.8. The van der Waals surface area contributed by atoms with Crippen molar-refractivity contribution in [2.75, 3.05) is 0 Å². The Labute approximate surface area is 157 Å². The van der Waals surface area contributed by atoms with Gasteiger partial charge in [0.1, 0.15) is 12.4 Å². The highest BCUT2D eigenvalue weighted by Crippen LogP contribution is 2.19. The summed E-state index contributed by atoms with van der Waals surface area (Å²) in [4.78, 5) is 16.8. The van der Waals surface area contributed by atoms with Crippen molar-refractivity contribution in [2.45, 2.75) is 32.9 Å². The number of benzene rings is 2. The Bertz CT molecular complexity index is 842. The number of carbonyl (C=O) groups excluding carboxylic acids is 1. The van der Waals surface area contributed by atoms with Crippen LogP contribution in [0.3, 0.4) is 0 Å². The lowest BCUT2D eigenvalue weighted by Gasteiger charge is -2.08. The summed E-state index contributed by atoms with van der Waals surface area (Å²) in [5, 5.41) is 6.00. The molecule has 2 aromatic carbocycles. The molecule has 0 aliphatic heterocycles. The van der Waals surface area contributed by atoms with E-state index >= 15 is 0 Å². The number of nitrogens with one attached hydrogen (secondary N) is 1. The summed E-state index contributed by atoms with van der Waals surface area (Å²) < 4.78 is 5.74. The summed E-state index contributed by atoms with van der Waals surface area (Å²) in [5.74, 6) is 1.04. The Hall–Kier alpha value is -2.66. The molecular formula is C21H22N2O2S. The lowest BCUT2D eigenvalue weighted by atomic mass is 10.2. The number of rotatable bonds is 7. The van der Waals surface area contributed by atoms with Crippen LogP contribution in [0, 0.1) is 0 Å². The molecule has 0 aliphatic carbocycles. The maximum absolute atomic E-state index is 12.3. The third-order valence-corrected chi connectivity index (χ3v) is 5.05. The molecule has 0 fully saturated rings. The molecule has 0 spiro atoms. The third kappa shape index (κ3) is 4.92. The molecule has 1 aromatic heterocycles. The van der Waals surface area contributed by atoms with Gasteiger partial charge in [-0.15, -0.1) is 11.3 Å². The Morgan fingerprint density at radius 3 is 2.50 bits per heavy atom. The van der Waals surface area contributed by atoms with Gasteiger partial charge in [-0.2, -0.15) is 0 Å². The maximum atomic E-state index is 12.3. The zero-order valence-electron chi connectivity index (χ0n) is 14.9. The highest BCUT2D eigenvalue weighted by molar-refractivity contribution is 7.09. The van der Waals surface area contributed by atoms with Gasteiger partial charge in [0, 0.05) is 16.9 Å². The van der Waals surface area contributed by atoms with Crippen LogP contribution in [0.4, 0.5) is 0 Å². The predicted molar refractivity (Wildman–Crippen MR) is 105 cm³/mol. The molecule has 3 aromatic rings. The first-order valence-corrected chi connectivity index (χ1v) is 9.49. The van der Waals surface area contributed by atoms with Gasteiger partial charge in [0.15, 0.2) is 0 Å². The molecule has 5 heteroatoms. The molecule has 1 amide bonds. The molecule has 4 nitrogen and oxygen atoms in total. The van der Waals surface area contributed by atoms with Crippen LogP contribution in [-0.2, 0) is 13.2 Å². The summed E-state index contributed by atoms with van der Waals surface area (Å²) in [7, 11) is 0. The SMILES string of the molecule is CC(C)c1nc(CNC(=O)c2ccc(OCc3ccccc3)cc2)cs1. The topological polar surface area (TPSA) is 51.2 Å². The Morgan fingerprint density at radius 1 is 1.12 bits per heavy atom. The molecule has 1 heterocycles. The largest absolute Gasteiger partial charge is 0.489 e. The molecule has 0 saturated heterocycles. The fourth-order valence-corrected chi connectivity index (χ4v) is 3.22. The number of hydrogen-bond acceptors (Lipinski definition) is 4. The van der Waals surface area contributed by atoms with E-state index in [-0.39, 0.29) is 5.91 Å². The van der Waals surface area contributed by atoms with Gasteiger partial charge >= 0.3 is 0 Å². The average molecular weight is 366 g/mol. The monoisotopic (exact) mass is 366 g/mol. The van der Waals surface area contributed by atoms with Gasteiger partial charge in [-0.1, -0.05) is 44.2 Å². The molecule has 26 heavy (non-hydrogen) atoms. The lowest BCUT2D eigenvalue weighted by molar-refractivity contribution is 0.0950. The Morgan fingerprint density at radius 2 is 1.85 bits per heavy atom. The van der Waals surface area contributed by atoms with E-state index < -0.39 is 0 Å². The molecule has 0 unspecified atom stereocenters. The normalized spacial score (nSPS) is 10.7. The van der Waals surface area contributed by atoms with Gasteiger partial charge in [-0.25, -0.2) is 4.98 Å². The van der Waals surface area contributed by atoms with Crippen LogP contribution in [-0.4, -0.2) is 10.9 Å². The van der Waals surface area contributed by atoms with Gasteiger partial charge < -0.3 is 10.1 Å². The first-order chi connectivity index (χ1) is 12.6. The van der Waals surface area contributed by atoms with Gasteiger partial charge in [0.25, 0.3) is 5.91 Å². The summed E-state index contributed by atoms with van der Waals surface area (Å²) in [5.41, 5.74) is 2.62. The zero-order chi connectivity index (χ0) is 18.4. The molecule has 0 bridgehead atoms. The number of carbonyl (C=O) groups is 1. The van der Waals surface area contributed by atoms with Crippen molar-refractivity contribution in [3.8, 4) is 5.75 Å². The number of amides is 1. The molecule has 1 N–H and O–H groups in total. The second-order valence-electron chi connectivity index (χ2n) is 6.31. The quantitative estimate of drug-likeness (QED) is 0.655. The number of ether oxygens (including phenoxy) is 1. The predicted octanol–water partition coefficient (Wildman–Crippen LogP) is 4.78. The second kappa shape index (κ2) is 8.63. The minimum Gasteiger partial charge on any atom is -0.489 e. The molecule has 0 radical (unpaired) electrons. The highest BCUT2D eigenvalue weighted by atomic mass is 32.1. The second-order valence-corrected chi connectivity index (χ2v) is 7.20. The van der Waals surface area contributed by atoms with Gasteiger partial charge in [0.2, 0.25) is 0 Å². The molecule has 0 atom stereocenters. The number of thiazole rings is 1. The third-order valence-electron chi connectivity index (χ3n) is 3.86. The minimum absolute atomic E-state index is 0.112. The van der Waals surface area contributed by atoms with E-state index in [0.717, 1.165) is 22.0 Å². The maximum Gasteiger partial charge on any atom is 0.251 e. The summed E-state index contributed by atoms with van der Waals surface area (Å²) in [6, 6.07) is 17.2. The van der Waals surface area contributed by atoms with E-state index in [4.69, 9.17) is 4.74 Å². The first kappa shape index (κ1) is 18.1. The smallest absolute Gasteiger partial charge is 0.251 e. The van der Waals surface area contributed by atoms with Crippen molar-refractivity contribution in [2.24, 2.45) is 0 Å². The molecular weight excluding hydrogens is 344 g/mol. The van der Waals surface area contributed by atoms with Gasteiger partial charge in [0.05, 0.1) is 17.2 Å². The number of nitrogens with zero attached hydrogens (tertiary/aromatic N) is 1. The minimum atomic E-state index is -0.112. The van der Waals surface area contributed by atoms with E-state index in [1.54, 1.807) is 23.5 Å². The van der Waals surface area contributed by atoms with Crippen LogP contribution in [0.5, 0.6) is 5.75 Å². The van der Waals surface area contributed by atoms with Crippen molar-refractivity contribution in [1.82, 2.24) is 10.3 Å². The fraction of sp³-hybridized carbons (Fsp3) is 0.238. The summed E-state index contributed by atoms with van der Waals surface area (Å²) in [6.45, 7) is 5.17. The van der Waals surface area contributed by atoms with Crippen LogP contribution >= 0.6 is 11.3 Å². The molecule has 0 aliphatic rings. The first-order valence-electron chi connectivity index (χ1n) is 8.61. The standard InChI is InChI=1S/C21H22N2O2S/c1-15(2)21-23-18(14-26-21)12-22-20(24)17-8-10-19(11-9-17)25-13-16-6-4-3-5-7-16/h3-11,14-15H,12-13H2,1-2H3,(H,22,24). The summed E-state index contributed by atoms with van der Waals surface area (Å²) >= 11 is 1.63. The van der Waals surface area contributed by atoms with E-state index in [9.17, 15) is 4.79 Å². The summed E-state index contributed by atoms with van der Waals surface area (Å²) in [6.07, 6.45) is 0. The van der Waals surface area contributed by atoms with Crippen molar-refractivity contribution >= 4 is 17.2 Å². The van der Waals surface area contributed by atoms with Gasteiger partial charge in [-0.05, 0) is 29.8 Å². The van der Waals surface area contributed by atoms with Crippen molar-refractivity contribution in [3.63, 3.8) is 0 Å². The van der Waals surface area contributed by atoms with Crippen LogP contribution in [0.15, 0.2) is 60.0 Å². The van der Waals surface area contributed by atoms with Crippen LogP contribution in [0.2, 0.25) is 0 Å².